The first-order valence-corrected chi connectivity index (χ1v) is 13.4. The molecule has 8 heteroatoms. The molecule has 1 atom stereocenters. The number of aromatic hydroxyl groups is 1. The zero-order chi connectivity index (χ0) is 28.8. The maximum atomic E-state index is 13.4. The number of phenolic OH excluding ortho intramolecular Hbond substituents is 1. The van der Waals surface area contributed by atoms with E-state index in [2.05, 4.69) is 4.90 Å². The number of ketones is 1. The number of ether oxygens (including phenoxy) is 2. The molecule has 1 aliphatic rings. The van der Waals surface area contributed by atoms with Crippen molar-refractivity contribution in [2.45, 2.75) is 33.4 Å². The van der Waals surface area contributed by atoms with E-state index in [4.69, 9.17) is 9.47 Å². The Labute approximate surface area is 235 Å². The fourth-order valence-electron chi connectivity index (χ4n) is 4.96. The number of amides is 1. The van der Waals surface area contributed by atoms with Crippen LogP contribution >= 0.6 is 0 Å². The maximum absolute atomic E-state index is 13.4. The Morgan fingerprint density at radius 3 is 2.35 bits per heavy atom. The second kappa shape index (κ2) is 12.7. The van der Waals surface area contributed by atoms with Crippen LogP contribution in [0, 0.1) is 6.92 Å². The first-order chi connectivity index (χ1) is 19.3. The summed E-state index contributed by atoms with van der Waals surface area (Å²) in [4.78, 5) is 30.3. The van der Waals surface area contributed by atoms with Crippen LogP contribution < -0.4 is 9.47 Å². The lowest BCUT2D eigenvalue weighted by molar-refractivity contribution is -0.140. The number of methoxy groups -OCH3 is 1. The largest absolute Gasteiger partial charge is 0.507 e. The smallest absolute Gasteiger partial charge is 0.295 e. The van der Waals surface area contributed by atoms with Gasteiger partial charge in [0, 0.05) is 18.7 Å². The number of hydrogen-bond acceptors (Lipinski definition) is 7. The van der Waals surface area contributed by atoms with Gasteiger partial charge in [0.15, 0.2) is 11.5 Å². The standard InChI is InChI=1S/C32H36N2O6/c1-5-33(6-2)16-17-34-29(23-12-14-25(35)27(19-23)39-4)28(31(37)32(34)38)30(36)24-13-15-26(21(3)18-24)40-20-22-10-8-7-9-11-22/h7-15,18-19,29,35-36H,5-6,16-17,20H2,1-4H3/b30-28+/t29-/m1/s1. The third-order valence-electron chi connectivity index (χ3n) is 7.30. The number of likely N-dealkylation sites (N-methyl/N-ethyl adjacent to an activating group) is 1. The molecule has 0 bridgehead atoms. The molecule has 3 aromatic rings. The van der Waals surface area contributed by atoms with Crippen molar-refractivity contribution in [3.05, 3.63) is 94.6 Å². The Bertz CT molecular complexity index is 1400. The van der Waals surface area contributed by atoms with Gasteiger partial charge in [-0.2, -0.15) is 0 Å². The Hall–Kier alpha value is -4.30. The molecule has 0 saturated carbocycles. The highest BCUT2D eigenvalue weighted by Crippen LogP contribution is 2.42. The number of carbonyl (C=O) groups excluding carboxylic acids is 2. The van der Waals surface area contributed by atoms with Crippen molar-refractivity contribution in [3.8, 4) is 17.2 Å². The molecule has 0 radical (unpaired) electrons. The Morgan fingerprint density at radius 2 is 1.70 bits per heavy atom. The van der Waals surface area contributed by atoms with Crippen LogP contribution in [0.3, 0.4) is 0 Å². The van der Waals surface area contributed by atoms with Gasteiger partial charge in [-0.15, -0.1) is 0 Å². The SMILES string of the molecule is CCN(CC)CCN1C(=O)C(=O)/C(=C(/O)c2ccc(OCc3ccccc3)c(C)c2)[C@H]1c1ccc(O)c(OC)c1. The van der Waals surface area contributed by atoms with Crippen molar-refractivity contribution in [3.63, 3.8) is 0 Å². The Morgan fingerprint density at radius 1 is 0.975 bits per heavy atom. The third-order valence-corrected chi connectivity index (χ3v) is 7.30. The summed E-state index contributed by atoms with van der Waals surface area (Å²) in [6, 6.07) is 18.8. The molecule has 2 N–H and O–H groups in total. The molecule has 1 amide bonds. The van der Waals surface area contributed by atoms with E-state index < -0.39 is 17.7 Å². The number of carbonyl (C=O) groups is 2. The first kappa shape index (κ1) is 28.7. The van der Waals surface area contributed by atoms with Crippen LogP contribution in [0.4, 0.5) is 0 Å². The van der Waals surface area contributed by atoms with Crippen LogP contribution in [0.1, 0.15) is 42.1 Å². The number of rotatable bonds is 11. The van der Waals surface area contributed by atoms with E-state index in [0.717, 1.165) is 24.2 Å². The predicted molar refractivity (Wildman–Crippen MR) is 153 cm³/mol. The van der Waals surface area contributed by atoms with Gasteiger partial charge in [-0.3, -0.25) is 9.59 Å². The van der Waals surface area contributed by atoms with Gasteiger partial charge in [-0.1, -0.05) is 50.2 Å². The highest BCUT2D eigenvalue weighted by Gasteiger charge is 2.46. The minimum absolute atomic E-state index is 0.00496. The van der Waals surface area contributed by atoms with Crippen LogP contribution in [-0.4, -0.2) is 65.0 Å². The van der Waals surface area contributed by atoms with Gasteiger partial charge in [0.1, 0.15) is 18.1 Å². The second-order valence-corrected chi connectivity index (χ2v) is 9.71. The average Bonchev–Trinajstić information content (AvgIpc) is 3.22. The van der Waals surface area contributed by atoms with Gasteiger partial charge in [-0.05, 0) is 67.0 Å². The normalized spacial score (nSPS) is 16.5. The van der Waals surface area contributed by atoms with Gasteiger partial charge in [0.25, 0.3) is 11.7 Å². The lowest BCUT2D eigenvalue weighted by Crippen LogP contribution is -2.38. The van der Waals surface area contributed by atoms with E-state index in [0.29, 0.717) is 36.6 Å². The number of Topliss-reactive ketones (excluding diaryl/α,β-unsaturated/α-hetero) is 1. The molecule has 1 aliphatic heterocycles. The van der Waals surface area contributed by atoms with Gasteiger partial charge < -0.3 is 29.5 Å². The number of phenols is 1. The van der Waals surface area contributed by atoms with Crippen molar-refractivity contribution in [2.75, 3.05) is 33.3 Å². The van der Waals surface area contributed by atoms with Gasteiger partial charge in [-0.25, -0.2) is 0 Å². The Kier molecular flexibility index (Phi) is 9.11. The first-order valence-electron chi connectivity index (χ1n) is 13.4. The molecule has 8 nitrogen and oxygen atoms in total. The lowest BCUT2D eigenvalue weighted by Gasteiger charge is -2.28. The molecule has 210 valence electrons. The lowest BCUT2D eigenvalue weighted by atomic mass is 9.94. The summed E-state index contributed by atoms with van der Waals surface area (Å²) in [6.07, 6.45) is 0. The van der Waals surface area contributed by atoms with Crippen LogP contribution in [0.5, 0.6) is 17.2 Å². The summed E-state index contributed by atoms with van der Waals surface area (Å²) >= 11 is 0. The van der Waals surface area contributed by atoms with Crippen LogP contribution in [0.2, 0.25) is 0 Å². The number of aliphatic hydroxyl groups excluding tert-OH is 1. The molecule has 0 aliphatic carbocycles. The van der Waals surface area contributed by atoms with Crippen molar-refractivity contribution in [2.24, 2.45) is 0 Å². The highest BCUT2D eigenvalue weighted by molar-refractivity contribution is 6.46. The van der Waals surface area contributed by atoms with Crippen molar-refractivity contribution in [1.29, 1.82) is 0 Å². The molecule has 0 spiro atoms. The zero-order valence-corrected chi connectivity index (χ0v) is 23.4. The molecule has 1 heterocycles. The monoisotopic (exact) mass is 544 g/mol. The number of nitrogens with zero attached hydrogens (tertiary/aromatic N) is 2. The third kappa shape index (κ3) is 5.97. The highest BCUT2D eigenvalue weighted by atomic mass is 16.5. The fourth-order valence-corrected chi connectivity index (χ4v) is 4.96. The summed E-state index contributed by atoms with van der Waals surface area (Å²) in [5.74, 6) is -0.893. The number of aryl methyl sites for hydroxylation is 1. The molecular formula is C32H36N2O6. The minimum atomic E-state index is -0.848. The van der Waals surface area contributed by atoms with E-state index in [9.17, 15) is 19.8 Å². The number of aliphatic hydroxyl groups is 1. The van der Waals surface area contributed by atoms with Crippen molar-refractivity contribution in [1.82, 2.24) is 9.80 Å². The summed E-state index contributed by atoms with van der Waals surface area (Å²) < 4.78 is 11.3. The maximum Gasteiger partial charge on any atom is 0.295 e. The summed E-state index contributed by atoms with van der Waals surface area (Å²) in [7, 11) is 1.43. The molecule has 4 rings (SSSR count). The fraction of sp³-hybridized carbons (Fsp3) is 0.312. The van der Waals surface area contributed by atoms with Crippen LogP contribution in [0.15, 0.2) is 72.3 Å². The van der Waals surface area contributed by atoms with E-state index in [1.54, 1.807) is 30.3 Å². The minimum Gasteiger partial charge on any atom is -0.507 e. The van der Waals surface area contributed by atoms with E-state index >= 15 is 0 Å². The van der Waals surface area contributed by atoms with E-state index in [1.807, 2.05) is 51.1 Å². The van der Waals surface area contributed by atoms with E-state index in [-0.39, 0.29) is 22.8 Å². The molecule has 1 saturated heterocycles. The molecular weight excluding hydrogens is 508 g/mol. The van der Waals surface area contributed by atoms with Gasteiger partial charge >= 0.3 is 0 Å². The number of hydrogen-bond donors (Lipinski definition) is 2. The molecule has 3 aromatic carbocycles. The van der Waals surface area contributed by atoms with Crippen LogP contribution in [0.25, 0.3) is 5.76 Å². The zero-order valence-electron chi connectivity index (χ0n) is 23.4. The topological polar surface area (TPSA) is 99.5 Å². The van der Waals surface area contributed by atoms with Gasteiger partial charge in [0.05, 0.1) is 18.7 Å². The summed E-state index contributed by atoms with van der Waals surface area (Å²) in [5, 5.41) is 21.6. The Balaban J connectivity index is 1.72. The van der Waals surface area contributed by atoms with Crippen molar-refractivity contribution >= 4 is 17.4 Å². The van der Waals surface area contributed by atoms with E-state index in [1.165, 1.54) is 18.1 Å². The molecule has 0 aromatic heterocycles. The summed E-state index contributed by atoms with van der Waals surface area (Å²) in [6.45, 7) is 8.80. The average molecular weight is 545 g/mol. The van der Waals surface area contributed by atoms with Crippen molar-refractivity contribution < 1.29 is 29.3 Å². The second-order valence-electron chi connectivity index (χ2n) is 9.71. The van der Waals surface area contributed by atoms with Crippen LogP contribution in [-0.2, 0) is 16.2 Å². The number of benzene rings is 3. The molecule has 40 heavy (non-hydrogen) atoms. The quantitative estimate of drug-likeness (QED) is 0.198. The van der Waals surface area contributed by atoms with Gasteiger partial charge in [0.2, 0.25) is 0 Å². The molecule has 1 fully saturated rings. The molecule has 0 unspecified atom stereocenters. The number of likely N-dealkylation sites (tertiary alicyclic amines) is 1. The summed E-state index contributed by atoms with van der Waals surface area (Å²) in [5.41, 5.74) is 2.76. The predicted octanol–water partition coefficient (Wildman–Crippen LogP) is 5.05.